The molecule has 0 saturated carbocycles. The number of nitrogens with one attached hydrogen (secondary N) is 1. The highest BCUT2D eigenvalue weighted by atomic mass is 19.4. The van der Waals surface area contributed by atoms with Crippen molar-refractivity contribution in [3.05, 3.63) is 65.2 Å². The summed E-state index contributed by atoms with van der Waals surface area (Å²) < 4.78 is 39.0. The topological polar surface area (TPSA) is 32.3 Å². The third-order valence-electron chi connectivity index (χ3n) is 4.53. The predicted molar refractivity (Wildman–Crippen MR) is 90.2 cm³/mol. The molecule has 1 atom stereocenters. The van der Waals surface area contributed by atoms with Gasteiger partial charge in [-0.1, -0.05) is 36.4 Å². The molecule has 0 aromatic heterocycles. The maximum absolute atomic E-state index is 13.0. The number of halogens is 3. The number of carbonyl (C=O) groups excluding carboxylic acids is 1. The third-order valence-corrected chi connectivity index (χ3v) is 4.53. The largest absolute Gasteiger partial charge is 0.418 e. The molecular weight excluding hydrogens is 329 g/mol. The van der Waals surface area contributed by atoms with Crippen molar-refractivity contribution in [2.45, 2.75) is 25.1 Å². The van der Waals surface area contributed by atoms with E-state index in [-0.39, 0.29) is 18.3 Å². The van der Waals surface area contributed by atoms with Crippen molar-refractivity contribution in [3.63, 3.8) is 0 Å². The van der Waals surface area contributed by atoms with Gasteiger partial charge in [0.15, 0.2) is 0 Å². The summed E-state index contributed by atoms with van der Waals surface area (Å²) >= 11 is 0. The molecule has 3 nitrogen and oxygen atoms in total. The molecule has 1 N–H and O–H groups in total. The number of benzene rings is 2. The number of rotatable bonds is 4. The molecule has 2 aromatic carbocycles. The Morgan fingerprint density at radius 3 is 2.60 bits per heavy atom. The lowest BCUT2D eigenvalue weighted by Crippen LogP contribution is -2.33. The van der Waals surface area contributed by atoms with Crippen molar-refractivity contribution in [1.82, 2.24) is 4.90 Å². The second-order valence-corrected chi connectivity index (χ2v) is 6.26. The molecule has 1 amide bonds. The molecule has 0 bridgehead atoms. The maximum atomic E-state index is 13.0. The van der Waals surface area contributed by atoms with Crippen molar-refractivity contribution in [1.29, 1.82) is 0 Å². The Labute approximate surface area is 144 Å². The Morgan fingerprint density at radius 2 is 1.84 bits per heavy atom. The highest BCUT2D eigenvalue weighted by Gasteiger charge is 2.34. The average molecular weight is 348 g/mol. The zero-order valence-electron chi connectivity index (χ0n) is 13.8. The van der Waals surface area contributed by atoms with E-state index in [0.717, 1.165) is 18.9 Å². The van der Waals surface area contributed by atoms with Crippen molar-refractivity contribution >= 4 is 11.6 Å². The molecule has 1 aliphatic carbocycles. The zero-order valence-corrected chi connectivity index (χ0v) is 13.8. The summed E-state index contributed by atoms with van der Waals surface area (Å²) in [5.74, 6) is -0.455. The van der Waals surface area contributed by atoms with Crippen molar-refractivity contribution in [3.8, 4) is 0 Å². The van der Waals surface area contributed by atoms with Gasteiger partial charge in [0.1, 0.15) is 0 Å². The molecule has 6 heteroatoms. The van der Waals surface area contributed by atoms with Crippen molar-refractivity contribution in [2.24, 2.45) is 0 Å². The first-order valence-corrected chi connectivity index (χ1v) is 8.10. The molecule has 0 saturated heterocycles. The minimum Gasteiger partial charge on any atom is -0.324 e. The lowest BCUT2D eigenvalue weighted by Gasteiger charge is -2.25. The first kappa shape index (κ1) is 17.5. The molecule has 25 heavy (non-hydrogen) atoms. The Hall–Kier alpha value is -2.34. The van der Waals surface area contributed by atoms with E-state index in [4.69, 9.17) is 0 Å². The fraction of sp³-hybridized carbons (Fsp3) is 0.316. The Balaban J connectivity index is 1.68. The second-order valence-electron chi connectivity index (χ2n) is 6.26. The summed E-state index contributed by atoms with van der Waals surface area (Å²) in [6.07, 6.45) is -2.65. The standard InChI is InChI=1S/C19H19F3N2O/c1-24(17-11-10-13-6-2-3-7-14(13)17)12-18(25)23-16-9-5-4-8-15(16)19(20,21)22/h2-9,17H,10-12H2,1H3,(H,23,25)/t17-/m0/s1. The number of amides is 1. The van der Waals surface area contributed by atoms with Gasteiger partial charge in [0.2, 0.25) is 5.91 Å². The number of aryl methyl sites for hydroxylation is 1. The van der Waals surface area contributed by atoms with E-state index in [1.165, 1.54) is 29.3 Å². The normalized spacial score (nSPS) is 16.8. The summed E-state index contributed by atoms with van der Waals surface area (Å²) in [7, 11) is 1.82. The molecule has 0 fully saturated rings. The van der Waals surface area contributed by atoms with E-state index < -0.39 is 17.6 Å². The number of anilines is 1. The fourth-order valence-corrected chi connectivity index (χ4v) is 3.36. The number of hydrogen-bond donors (Lipinski definition) is 1. The first-order valence-electron chi connectivity index (χ1n) is 8.10. The highest BCUT2D eigenvalue weighted by molar-refractivity contribution is 5.93. The number of likely N-dealkylation sites (N-methyl/N-ethyl adjacent to an activating group) is 1. The Kier molecular flexibility index (Phi) is 4.81. The van der Waals surface area contributed by atoms with Gasteiger partial charge in [0.25, 0.3) is 0 Å². The van der Waals surface area contributed by atoms with E-state index in [0.29, 0.717) is 0 Å². The van der Waals surface area contributed by atoms with Crippen molar-refractivity contribution in [2.75, 3.05) is 18.9 Å². The van der Waals surface area contributed by atoms with Crippen LogP contribution in [-0.4, -0.2) is 24.4 Å². The molecule has 0 unspecified atom stereocenters. The highest BCUT2D eigenvalue weighted by Crippen LogP contribution is 2.36. The number of para-hydroxylation sites is 1. The van der Waals surface area contributed by atoms with Crippen LogP contribution in [0.25, 0.3) is 0 Å². The Bertz CT molecular complexity index is 773. The second kappa shape index (κ2) is 6.88. The Morgan fingerprint density at radius 1 is 1.16 bits per heavy atom. The van der Waals surface area contributed by atoms with E-state index in [1.54, 1.807) is 0 Å². The molecular formula is C19H19F3N2O. The first-order chi connectivity index (χ1) is 11.9. The molecule has 0 heterocycles. The molecule has 2 aromatic rings. The smallest absolute Gasteiger partial charge is 0.324 e. The van der Waals surface area contributed by atoms with E-state index in [2.05, 4.69) is 11.4 Å². The molecule has 132 valence electrons. The van der Waals surface area contributed by atoms with E-state index in [1.807, 2.05) is 30.1 Å². The van der Waals surface area contributed by atoms with Gasteiger partial charge in [0.05, 0.1) is 17.8 Å². The molecule has 0 radical (unpaired) electrons. The van der Waals surface area contributed by atoms with Gasteiger partial charge >= 0.3 is 6.18 Å². The van der Waals surface area contributed by atoms with Crippen LogP contribution in [0.4, 0.5) is 18.9 Å². The monoisotopic (exact) mass is 348 g/mol. The summed E-state index contributed by atoms with van der Waals surface area (Å²) in [5.41, 5.74) is 1.41. The van der Waals surface area contributed by atoms with Crippen LogP contribution >= 0.6 is 0 Å². The van der Waals surface area contributed by atoms with Crippen molar-refractivity contribution < 1.29 is 18.0 Å². The number of alkyl halides is 3. The molecule has 3 rings (SSSR count). The lowest BCUT2D eigenvalue weighted by molar-refractivity contribution is -0.137. The van der Waals surface area contributed by atoms with Crippen LogP contribution in [0.3, 0.4) is 0 Å². The SMILES string of the molecule is CN(CC(=O)Nc1ccccc1C(F)(F)F)[C@H]1CCc2ccccc21. The number of fused-ring (bicyclic) bond motifs is 1. The summed E-state index contributed by atoms with van der Waals surface area (Å²) in [6.45, 7) is 0.0329. The van der Waals surface area contributed by atoms with Crippen LogP contribution in [0.15, 0.2) is 48.5 Å². The quantitative estimate of drug-likeness (QED) is 0.895. The maximum Gasteiger partial charge on any atom is 0.418 e. The zero-order chi connectivity index (χ0) is 18.0. The fourth-order valence-electron chi connectivity index (χ4n) is 3.36. The van der Waals surface area contributed by atoms with Crippen LogP contribution in [-0.2, 0) is 17.4 Å². The summed E-state index contributed by atoms with van der Waals surface area (Å²) in [4.78, 5) is 14.1. The van der Waals surface area contributed by atoms with Gasteiger partial charge in [-0.2, -0.15) is 13.2 Å². The van der Waals surface area contributed by atoms with E-state index in [9.17, 15) is 18.0 Å². The molecule has 0 aliphatic heterocycles. The molecule has 0 spiro atoms. The van der Waals surface area contributed by atoms with Gasteiger partial charge < -0.3 is 5.32 Å². The summed E-state index contributed by atoms with van der Waals surface area (Å²) in [6, 6.07) is 13.2. The number of hydrogen-bond acceptors (Lipinski definition) is 2. The number of carbonyl (C=O) groups is 1. The van der Waals surface area contributed by atoms with Gasteiger partial charge in [-0.15, -0.1) is 0 Å². The average Bonchev–Trinajstić information content (AvgIpc) is 2.98. The van der Waals surface area contributed by atoms with Crippen LogP contribution in [0.5, 0.6) is 0 Å². The molecule has 1 aliphatic rings. The summed E-state index contributed by atoms with van der Waals surface area (Å²) in [5, 5.41) is 2.39. The van der Waals surface area contributed by atoms with Crippen LogP contribution < -0.4 is 5.32 Å². The van der Waals surface area contributed by atoms with Crippen LogP contribution in [0.2, 0.25) is 0 Å². The van der Waals surface area contributed by atoms with Gasteiger partial charge in [0, 0.05) is 6.04 Å². The number of nitrogens with zero attached hydrogens (tertiary/aromatic N) is 1. The third kappa shape index (κ3) is 3.85. The van der Waals surface area contributed by atoms with Crippen LogP contribution in [0, 0.1) is 0 Å². The lowest BCUT2D eigenvalue weighted by atomic mass is 10.1. The van der Waals surface area contributed by atoms with E-state index >= 15 is 0 Å². The van der Waals surface area contributed by atoms with Gasteiger partial charge in [-0.05, 0) is 43.1 Å². The van der Waals surface area contributed by atoms with Gasteiger partial charge in [-0.3, -0.25) is 9.69 Å². The predicted octanol–water partition coefficient (Wildman–Crippen LogP) is 4.26. The minimum absolute atomic E-state index is 0.0329. The van der Waals surface area contributed by atoms with Crippen LogP contribution in [0.1, 0.15) is 29.2 Å². The minimum atomic E-state index is -4.50. The van der Waals surface area contributed by atoms with Gasteiger partial charge in [-0.25, -0.2) is 0 Å².